The van der Waals surface area contributed by atoms with Crippen LogP contribution in [0.3, 0.4) is 0 Å². The van der Waals surface area contributed by atoms with Gasteiger partial charge >= 0.3 is 0 Å². The summed E-state index contributed by atoms with van der Waals surface area (Å²) in [4.78, 5) is 8.28. The van der Waals surface area contributed by atoms with Crippen molar-refractivity contribution in [1.82, 2.24) is 9.97 Å². The number of hydrogen-bond acceptors (Lipinski definition) is 3. The van der Waals surface area contributed by atoms with E-state index in [1.807, 2.05) is 0 Å². The van der Waals surface area contributed by atoms with Crippen molar-refractivity contribution in [2.24, 2.45) is 5.92 Å². The molecule has 1 aliphatic carbocycles. The third-order valence-electron chi connectivity index (χ3n) is 2.52. The Morgan fingerprint density at radius 3 is 2.67 bits per heavy atom. The minimum absolute atomic E-state index is 0.485. The van der Waals surface area contributed by atoms with Crippen molar-refractivity contribution in [2.75, 3.05) is 5.73 Å². The van der Waals surface area contributed by atoms with Crippen LogP contribution < -0.4 is 5.73 Å². The molecule has 64 valence electrons. The number of nitrogens with two attached hydrogens (primary N) is 1. The third kappa shape index (κ3) is 1.26. The molecule has 1 heterocycles. The second kappa shape index (κ2) is 2.73. The number of rotatable bonds is 2. The highest BCUT2D eigenvalue weighted by atomic mass is 14.9. The molecule has 2 rings (SSSR count). The molecule has 3 heteroatoms. The lowest BCUT2D eigenvalue weighted by Gasteiger charge is -2.09. The van der Waals surface area contributed by atoms with Crippen molar-refractivity contribution in [3.8, 4) is 0 Å². The predicted molar refractivity (Wildman–Crippen MR) is 47.6 cm³/mol. The molecule has 1 atom stereocenters. The van der Waals surface area contributed by atoms with E-state index in [-0.39, 0.29) is 0 Å². The van der Waals surface area contributed by atoms with Gasteiger partial charge in [0.25, 0.3) is 0 Å². The van der Waals surface area contributed by atoms with Crippen LogP contribution in [0.5, 0.6) is 0 Å². The van der Waals surface area contributed by atoms with Gasteiger partial charge in [-0.25, -0.2) is 4.98 Å². The highest BCUT2D eigenvalue weighted by Crippen LogP contribution is 2.42. The number of nitrogens with zero attached hydrogens (tertiary/aromatic N) is 2. The number of anilines is 1. The summed E-state index contributed by atoms with van der Waals surface area (Å²) in [6.07, 6.45) is 5.98. The van der Waals surface area contributed by atoms with Crippen molar-refractivity contribution in [2.45, 2.75) is 25.7 Å². The van der Waals surface area contributed by atoms with Crippen LogP contribution in [-0.2, 0) is 0 Å². The smallest absolute Gasteiger partial charge is 0.145 e. The SMILES string of the molecule is CC(c1nccnc1N)C1CC1. The number of nitrogen functional groups attached to an aromatic ring is 1. The van der Waals surface area contributed by atoms with Gasteiger partial charge in [0.15, 0.2) is 0 Å². The molecule has 0 amide bonds. The molecule has 12 heavy (non-hydrogen) atoms. The van der Waals surface area contributed by atoms with Gasteiger partial charge in [-0.1, -0.05) is 6.92 Å². The average molecular weight is 163 g/mol. The highest BCUT2D eigenvalue weighted by molar-refractivity contribution is 5.36. The quantitative estimate of drug-likeness (QED) is 0.720. The van der Waals surface area contributed by atoms with Gasteiger partial charge in [-0.2, -0.15) is 0 Å². The molecule has 1 aliphatic rings. The van der Waals surface area contributed by atoms with Crippen LogP contribution in [0.4, 0.5) is 5.82 Å². The molecular formula is C9H13N3. The number of aromatic nitrogens is 2. The van der Waals surface area contributed by atoms with Gasteiger partial charge in [0.05, 0.1) is 5.69 Å². The first-order valence-electron chi connectivity index (χ1n) is 4.35. The summed E-state index contributed by atoms with van der Waals surface area (Å²) in [6, 6.07) is 0. The molecule has 1 fully saturated rings. The molecule has 0 aromatic carbocycles. The molecule has 1 unspecified atom stereocenters. The first kappa shape index (κ1) is 7.53. The van der Waals surface area contributed by atoms with Crippen molar-refractivity contribution >= 4 is 5.82 Å². The van der Waals surface area contributed by atoms with E-state index in [2.05, 4.69) is 16.9 Å². The normalized spacial score (nSPS) is 19.1. The zero-order chi connectivity index (χ0) is 8.55. The summed E-state index contributed by atoms with van der Waals surface area (Å²) in [5, 5.41) is 0. The second-order valence-electron chi connectivity index (χ2n) is 3.45. The zero-order valence-electron chi connectivity index (χ0n) is 7.20. The Morgan fingerprint density at radius 1 is 1.42 bits per heavy atom. The number of hydrogen-bond donors (Lipinski definition) is 1. The largest absolute Gasteiger partial charge is 0.382 e. The summed E-state index contributed by atoms with van der Waals surface area (Å²) >= 11 is 0. The van der Waals surface area contributed by atoms with E-state index in [1.54, 1.807) is 12.4 Å². The van der Waals surface area contributed by atoms with Crippen LogP contribution in [0.1, 0.15) is 31.4 Å². The molecule has 0 radical (unpaired) electrons. The van der Waals surface area contributed by atoms with Gasteiger partial charge in [-0.05, 0) is 18.8 Å². The maximum absolute atomic E-state index is 5.71. The Kier molecular flexibility index (Phi) is 1.71. The lowest BCUT2D eigenvalue weighted by molar-refractivity contribution is 0.643. The van der Waals surface area contributed by atoms with Gasteiger partial charge in [-0.3, -0.25) is 4.98 Å². The summed E-state index contributed by atoms with van der Waals surface area (Å²) in [5.74, 6) is 1.87. The van der Waals surface area contributed by atoms with Crippen molar-refractivity contribution in [3.63, 3.8) is 0 Å². The molecule has 2 N–H and O–H groups in total. The Labute approximate surface area is 72.0 Å². The molecule has 1 aromatic rings. The second-order valence-corrected chi connectivity index (χ2v) is 3.45. The van der Waals surface area contributed by atoms with Crippen LogP contribution in [0.2, 0.25) is 0 Å². The molecule has 1 saturated carbocycles. The van der Waals surface area contributed by atoms with Gasteiger partial charge in [0.1, 0.15) is 5.82 Å². The minimum atomic E-state index is 0.485. The zero-order valence-corrected chi connectivity index (χ0v) is 7.20. The van der Waals surface area contributed by atoms with E-state index in [0.29, 0.717) is 11.7 Å². The van der Waals surface area contributed by atoms with E-state index < -0.39 is 0 Å². The van der Waals surface area contributed by atoms with Gasteiger partial charge in [-0.15, -0.1) is 0 Å². The van der Waals surface area contributed by atoms with Crippen molar-refractivity contribution in [3.05, 3.63) is 18.1 Å². The van der Waals surface area contributed by atoms with Gasteiger partial charge in [0.2, 0.25) is 0 Å². The molecular weight excluding hydrogens is 150 g/mol. The third-order valence-corrected chi connectivity index (χ3v) is 2.52. The first-order chi connectivity index (χ1) is 5.79. The van der Waals surface area contributed by atoms with Crippen LogP contribution in [0, 0.1) is 5.92 Å². The molecule has 0 bridgehead atoms. The Morgan fingerprint density at radius 2 is 2.08 bits per heavy atom. The van der Waals surface area contributed by atoms with Gasteiger partial charge < -0.3 is 5.73 Å². The summed E-state index contributed by atoms with van der Waals surface area (Å²) in [5.41, 5.74) is 6.69. The van der Waals surface area contributed by atoms with E-state index in [1.165, 1.54) is 12.8 Å². The Balaban J connectivity index is 2.25. The molecule has 0 spiro atoms. The van der Waals surface area contributed by atoms with E-state index >= 15 is 0 Å². The van der Waals surface area contributed by atoms with Gasteiger partial charge in [0, 0.05) is 18.3 Å². The highest BCUT2D eigenvalue weighted by Gasteiger charge is 2.30. The average Bonchev–Trinajstić information content (AvgIpc) is 2.86. The van der Waals surface area contributed by atoms with Crippen LogP contribution >= 0.6 is 0 Å². The summed E-state index contributed by atoms with van der Waals surface area (Å²) < 4.78 is 0. The minimum Gasteiger partial charge on any atom is -0.382 e. The lowest BCUT2D eigenvalue weighted by atomic mass is 10.0. The standard InChI is InChI=1S/C9H13N3/c1-6(7-2-3-7)8-9(10)12-5-4-11-8/h4-7H,2-3H2,1H3,(H2,10,12). The maximum Gasteiger partial charge on any atom is 0.145 e. The summed E-state index contributed by atoms with van der Waals surface area (Å²) in [6.45, 7) is 2.18. The van der Waals surface area contributed by atoms with Crippen LogP contribution in [-0.4, -0.2) is 9.97 Å². The van der Waals surface area contributed by atoms with Crippen LogP contribution in [0.15, 0.2) is 12.4 Å². The topological polar surface area (TPSA) is 51.8 Å². The Bertz CT molecular complexity index is 281. The molecule has 1 aromatic heterocycles. The monoisotopic (exact) mass is 163 g/mol. The Hall–Kier alpha value is -1.12. The van der Waals surface area contributed by atoms with Crippen LogP contribution in [0.25, 0.3) is 0 Å². The molecule has 0 saturated heterocycles. The summed E-state index contributed by atoms with van der Waals surface area (Å²) in [7, 11) is 0. The fraction of sp³-hybridized carbons (Fsp3) is 0.556. The first-order valence-corrected chi connectivity index (χ1v) is 4.35. The van der Waals surface area contributed by atoms with E-state index in [9.17, 15) is 0 Å². The van der Waals surface area contributed by atoms with E-state index in [4.69, 9.17) is 5.73 Å². The molecule has 0 aliphatic heterocycles. The predicted octanol–water partition coefficient (Wildman–Crippen LogP) is 1.57. The fourth-order valence-corrected chi connectivity index (χ4v) is 1.53. The lowest BCUT2D eigenvalue weighted by Crippen LogP contribution is -2.05. The van der Waals surface area contributed by atoms with E-state index in [0.717, 1.165) is 11.6 Å². The molecule has 3 nitrogen and oxygen atoms in total. The van der Waals surface area contributed by atoms with Crippen molar-refractivity contribution in [1.29, 1.82) is 0 Å². The fourth-order valence-electron chi connectivity index (χ4n) is 1.53. The maximum atomic E-state index is 5.71. The van der Waals surface area contributed by atoms with Crippen molar-refractivity contribution < 1.29 is 0 Å².